The largest absolute Gasteiger partial charge is 0.416 e. The fraction of sp³-hybridized carbons (Fsp3) is 0.409. The number of halogens is 4. The predicted molar refractivity (Wildman–Crippen MR) is 117 cm³/mol. The second kappa shape index (κ2) is 9.08. The zero-order valence-electron chi connectivity index (χ0n) is 16.9. The van der Waals surface area contributed by atoms with Crippen LogP contribution in [-0.2, 0) is 10.9 Å². The number of hydrogen-bond donors (Lipinski definition) is 0. The maximum atomic E-state index is 13.3. The highest BCUT2D eigenvalue weighted by atomic mass is 79.9. The van der Waals surface area contributed by atoms with Crippen LogP contribution in [0.3, 0.4) is 0 Å². The number of alkyl halides is 3. The molecule has 5 nitrogen and oxygen atoms in total. The van der Waals surface area contributed by atoms with Gasteiger partial charge in [0.2, 0.25) is 0 Å². The van der Waals surface area contributed by atoms with E-state index in [0.717, 1.165) is 41.1 Å². The Bertz CT molecular complexity index is 923. The molecule has 0 N–H and O–H groups in total. The number of morpholine rings is 1. The summed E-state index contributed by atoms with van der Waals surface area (Å²) < 4.78 is 44.6. The van der Waals surface area contributed by atoms with Crippen molar-refractivity contribution in [1.29, 1.82) is 0 Å². The van der Waals surface area contributed by atoms with Crippen molar-refractivity contribution in [2.24, 2.45) is 0 Å². The molecule has 2 saturated heterocycles. The van der Waals surface area contributed by atoms with Gasteiger partial charge in [-0.15, -0.1) is 0 Å². The first-order valence-electron chi connectivity index (χ1n) is 10.2. The van der Waals surface area contributed by atoms with Gasteiger partial charge in [-0.2, -0.15) is 13.2 Å². The zero-order valence-corrected chi connectivity index (χ0v) is 18.5. The van der Waals surface area contributed by atoms with Crippen LogP contribution < -0.4 is 9.80 Å². The van der Waals surface area contributed by atoms with E-state index in [1.165, 1.54) is 12.1 Å². The molecule has 2 fully saturated rings. The van der Waals surface area contributed by atoms with Crippen molar-refractivity contribution in [3.05, 3.63) is 58.1 Å². The van der Waals surface area contributed by atoms with Crippen LogP contribution in [0.5, 0.6) is 0 Å². The van der Waals surface area contributed by atoms with Crippen LogP contribution in [0.15, 0.2) is 46.9 Å². The molecule has 2 aromatic carbocycles. The van der Waals surface area contributed by atoms with Crippen molar-refractivity contribution >= 4 is 33.2 Å². The number of carbonyl (C=O) groups is 1. The van der Waals surface area contributed by atoms with Crippen LogP contribution in [0.25, 0.3) is 0 Å². The summed E-state index contributed by atoms with van der Waals surface area (Å²) in [6.07, 6.45) is -4.34. The van der Waals surface area contributed by atoms with Crippen molar-refractivity contribution < 1.29 is 22.7 Å². The number of anilines is 2. The quantitative estimate of drug-likeness (QED) is 0.634. The molecule has 1 amide bonds. The fourth-order valence-corrected chi connectivity index (χ4v) is 4.32. The molecule has 4 rings (SSSR count). The van der Waals surface area contributed by atoms with Gasteiger partial charge >= 0.3 is 6.18 Å². The normalized spacial score (nSPS) is 17.7. The summed E-state index contributed by atoms with van der Waals surface area (Å²) in [6.45, 7) is 4.90. The maximum Gasteiger partial charge on any atom is 0.416 e. The van der Waals surface area contributed by atoms with Crippen molar-refractivity contribution in [1.82, 2.24) is 4.90 Å². The van der Waals surface area contributed by atoms with Gasteiger partial charge in [0.05, 0.1) is 24.3 Å². The zero-order chi connectivity index (χ0) is 22.0. The second-order valence-electron chi connectivity index (χ2n) is 7.58. The molecule has 2 aliphatic heterocycles. The van der Waals surface area contributed by atoms with Crippen LogP contribution in [0, 0.1) is 0 Å². The monoisotopic (exact) mass is 497 g/mol. The Morgan fingerprint density at radius 1 is 0.871 bits per heavy atom. The van der Waals surface area contributed by atoms with E-state index in [9.17, 15) is 18.0 Å². The highest BCUT2D eigenvalue weighted by Crippen LogP contribution is 2.31. The second-order valence-corrected chi connectivity index (χ2v) is 8.50. The Morgan fingerprint density at radius 3 is 2.13 bits per heavy atom. The predicted octanol–water partition coefficient (Wildman–Crippen LogP) is 4.27. The molecule has 2 aliphatic rings. The molecular formula is C22H23BrF3N3O2. The Hall–Kier alpha value is -2.26. The molecule has 9 heteroatoms. The summed E-state index contributed by atoms with van der Waals surface area (Å²) in [4.78, 5) is 19.3. The molecule has 0 bridgehead atoms. The maximum absolute atomic E-state index is 13.3. The third-order valence-electron chi connectivity index (χ3n) is 5.67. The molecule has 0 atom stereocenters. The highest BCUT2D eigenvalue weighted by Gasteiger charge is 2.31. The number of nitrogens with zero attached hydrogens (tertiary/aromatic N) is 3. The molecule has 0 spiro atoms. The minimum Gasteiger partial charge on any atom is -0.378 e. The number of ether oxygens (including phenoxy) is 1. The lowest BCUT2D eigenvalue weighted by Crippen LogP contribution is -2.49. The van der Waals surface area contributed by atoms with Gasteiger partial charge in [0.15, 0.2) is 0 Å². The summed E-state index contributed by atoms with van der Waals surface area (Å²) in [5, 5.41) is 0. The molecule has 0 aromatic heterocycles. The van der Waals surface area contributed by atoms with E-state index >= 15 is 0 Å². The fourth-order valence-electron chi connectivity index (χ4n) is 3.96. The summed E-state index contributed by atoms with van der Waals surface area (Å²) in [6, 6.07) is 10.9. The first-order valence-corrected chi connectivity index (χ1v) is 11.0. The van der Waals surface area contributed by atoms with Crippen LogP contribution in [0.1, 0.15) is 15.9 Å². The SMILES string of the molecule is O=C(c1cc(Br)ccc1N1CCOCC1)N1CCN(c2ccc(C(F)(F)F)cc2)CC1. The Morgan fingerprint density at radius 2 is 1.52 bits per heavy atom. The molecule has 2 aromatic rings. The van der Waals surface area contributed by atoms with E-state index in [4.69, 9.17) is 4.74 Å². The topological polar surface area (TPSA) is 36.0 Å². The standard InChI is InChI=1S/C22H23BrF3N3O2/c23-17-3-6-20(28-11-13-31-14-12-28)19(15-17)21(30)29-9-7-27(8-10-29)18-4-1-16(2-5-18)22(24,25)26/h1-6,15H,7-14H2. The van der Waals surface area contributed by atoms with Crippen LogP contribution in [0.4, 0.5) is 24.5 Å². The van der Waals surface area contributed by atoms with E-state index in [2.05, 4.69) is 20.8 Å². The van der Waals surface area contributed by atoms with E-state index in [-0.39, 0.29) is 5.91 Å². The molecule has 0 radical (unpaired) electrons. The first kappa shape index (κ1) is 22.0. The smallest absolute Gasteiger partial charge is 0.378 e. The Balaban J connectivity index is 1.44. The average Bonchev–Trinajstić information content (AvgIpc) is 2.79. The summed E-state index contributed by atoms with van der Waals surface area (Å²) in [5.74, 6) is -0.0325. The van der Waals surface area contributed by atoms with Gasteiger partial charge in [-0.05, 0) is 42.5 Å². The molecule has 31 heavy (non-hydrogen) atoms. The first-order chi connectivity index (χ1) is 14.8. The van der Waals surface area contributed by atoms with Crippen molar-refractivity contribution in [2.75, 3.05) is 62.3 Å². The number of hydrogen-bond acceptors (Lipinski definition) is 4. The van der Waals surface area contributed by atoms with Gasteiger partial charge in [-0.1, -0.05) is 15.9 Å². The minimum atomic E-state index is -4.34. The van der Waals surface area contributed by atoms with E-state index in [1.807, 2.05) is 28.0 Å². The molecule has 0 aliphatic carbocycles. The number of carbonyl (C=O) groups excluding carboxylic acids is 1. The van der Waals surface area contributed by atoms with Crippen LogP contribution in [0.2, 0.25) is 0 Å². The third kappa shape index (κ3) is 4.98. The Kier molecular flexibility index (Phi) is 6.43. The van der Waals surface area contributed by atoms with Crippen molar-refractivity contribution in [3.63, 3.8) is 0 Å². The highest BCUT2D eigenvalue weighted by molar-refractivity contribution is 9.10. The molecule has 0 saturated carbocycles. The van der Waals surface area contributed by atoms with Gasteiger partial charge in [0.1, 0.15) is 0 Å². The average molecular weight is 498 g/mol. The molecule has 0 unspecified atom stereocenters. The number of piperazine rings is 1. The van der Waals surface area contributed by atoms with Crippen LogP contribution in [-0.4, -0.2) is 63.3 Å². The Labute approximate surface area is 187 Å². The molecule has 166 valence electrons. The summed E-state index contributed by atoms with van der Waals surface area (Å²) in [5.41, 5.74) is 1.63. The van der Waals surface area contributed by atoms with Gasteiger partial charge in [0, 0.05) is 55.1 Å². The van der Waals surface area contributed by atoms with Crippen molar-refractivity contribution in [3.8, 4) is 0 Å². The third-order valence-corrected chi connectivity index (χ3v) is 6.16. The summed E-state index contributed by atoms with van der Waals surface area (Å²) in [7, 11) is 0. The number of benzene rings is 2. The van der Waals surface area contributed by atoms with E-state index in [0.29, 0.717) is 45.0 Å². The molecular weight excluding hydrogens is 475 g/mol. The van der Waals surface area contributed by atoms with Gasteiger partial charge in [0.25, 0.3) is 5.91 Å². The minimum absolute atomic E-state index is 0.0325. The lowest BCUT2D eigenvalue weighted by molar-refractivity contribution is -0.137. The van der Waals surface area contributed by atoms with E-state index in [1.54, 1.807) is 0 Å². The van der Waals surface area contributed by atoms with Gasteiger partial charge in [-0.25, -0.2) is 0 Å². The van der Waals surface area contributed by atoms with Gasteiger partial charge < -0.3 is 19.4 Å². The van der Waals surface area contributed by atoms with Gasteiger partial charge in [-0.3, -0.25) is 4.79 Å². The number of amides is 1. The lowest BCUT2D eigenvalue weighted by Gasteiger charge is -2.37. The molecule has 2 heterocycles. The lowest BCUT2D eigenvalue weighted by atomic mass is 10.1. The van der Waals surface area contributed by atoms with E-state index < -0.39 is 11.7 Å². The van der Waals surface area contributed by atoms with Crippen molar-refractivity contribution in [2.45, 2.75) is 6.18 Å². The number of rotatable bonds is 3. The summed E-state index contributed by atoms with van der Waals surface area (Å²) >= 11 is 3.47. The van der Waals surface area contributed by atoms with Crippen LogP contribution >= 0.6 is 15.9 Å².